The van der Waals surface area contributed by atoms with E-state index in [0.29, 0.717) is 12.2 Å². The topological polar surface area (TPSA) is 70.1 Å². The highest BCUT2D eigenvalue weighted by Crippen LogP contribution is 2.28. The molecule has 27 heavy (non-hydrogen) atoms. The van der Waals surface area contributed by atoms with Gasteiger partial charge in [0.15, 0.2) is 0 Å². The van der Waals surface area contributed by atoms with Gasteiger partial charge in [-0.15, -0.1) is 0 Å². The van der Waals surface area contributed by atoms with Crippen molar-refractivity contribution in [2.75, 3.05) is 23.8 Å². The first-order valence-electron chi connectivity index (χ1n) is 9.09. The van der Waals surface area contributed by atoms with Crippen LogP contribution in [0.4, 0.5) is 11.4 Å². The summed E-state index contributed by atoms with van der Waals surface area (Å²) < 4.78 is 1.46. The standard InChI is InChI=1S/C21H22N4O2/c1-24-11-5-8-16-12-17(9-10-18(16)24)23-20(26)19-13-22-21(27)25(19)14-15-6-3-2-4-7-15/h2-4,6-7,9-10,12-13H,5,8,11,14H2,1H3,(H,22,27)(H,23,26). The lowest BCUT2D eigenvalue weighted by Crippen LogP contribution is -2.26. The maximum absolute atomic E-state index is 12.8. The third-order valence-corrected chi connectivity index (χ3v) is 4.97. The van der Waals surface area contributed by atoms with E-state index in [9.17, 15) is 9.59 Å². The molecule has 4 rings (SSSR count). The summed E-state index contributed by atoms with van der Waals surface area (Å²) in [6.07, 6.45) is 3.58. The van der Waals surface area contributed by atoms with Gasteiger partial charge in [0.2, 0.25) is 0 Å². The molecule has 138 valence electrons. The molecular formula is C21H22N4O2. The van der Waals surface area contributed by atoms with Gasteiger partial charge < -0.3 is 15.2 Å². The van der Waals surface area contributed by atoms with E-state index in [1.54, 1.807) is 0 Å². The van der Waals surface area contributed by atoms with Gasteiger partial charge in [-0.3, -0.25) is 9.36 Å². The Morgan fingerprint density at radius 1 is 1.19 bits per heavy atom. The summed E-state index contributed by atoms with van der Waals surface area (Å²) in [6.45, 7) is 1.40. The van der Waals surface area contributed by atoms with Gasteiger partial charge in [0.05, 0.1) is 6.54 Å². The predicted octanol–water partition coefficient (Wildman–Crippen LogP) is 2.86. The fourth-order valence-electron chi connectivity index (χ4n) is 3.56. The SMILES string of the molecule is CN1CCCc2cc(NC(=O)c3c[nH]c(=O)n3Cc3ccccc3)ccc21. The lowest BCUT2D eigenvalue weighted by Gasteiger charge is -2.27. The number of hydrogen-bond acceptors (Lipinski definition) is 3. The first-order valence-corrected chi connectivity index (χ1v) is 9.09. The van der Waals surface area contributed by atoms with E-state index in [2.05, 4.69) is 22.2 Å². The van der Waals surface area contributed by atoms with E-state index >= 15 is 0 Å². The van der Waals surface area contributed by atoms with Crippen LogP contribution in [-0.4, -0.2) is 29.1 Å². The van der Waals surface area contributed by atoms with Crippen LogP contribution < -0.4 is 15.9 Å². The molecule has 2 heterocycles. The van der Waals surface area contributed by atoms with Crippen molar-refractivity contribution in [2.45, 2.75) is 19.4 Å². The Bertz CT molecular complexity index is 1020. The highest BCUT2D eigenvalue weighted by molar-refractivity contribution is 6.03. The normalized spacial score (nSPS) is 13.3. The monoisotopic (exact) mass is 362 g/mol. The number of nitrogens with zero attached hydrogens (tertiary/aromatic N) is 2. The van der Waals surface area contributed by atoms with E-state index in [1.807, 2.05) is 48.5 Å². The fraction of sp³-hybridized carbons (Fsp3) is 0.238. The van der Waals surface area contributed by atoms with Gasteiger partial charge >= 0.3 is 5.69 Å². The summed E-state index contributed by atoms with van der Waals surface area (Å²) in [7, 11) is 2.08. The molecule has 0 radical (unpaired) electrons. The Balaban J connectivity index is 1.57. The van der Waals surface area contributed by atoms with Crippen LogP contribution in [0.25, 0.3) is 0 Å². The predicted molar refractivity (Wildman–Crippen MR) is 107 cm³/mol. The molecule has 6 heteroatoms. The molecular weight excluding hydrogens is 340 g/mol. The smallest absolute Gasteiger partial charge is 0.326 e. The van der Waals surface area contributed by atoms with Crippen molar-refractivity contribution in [3.05, 3.63) is 82.0 Å². The van der Waals surface area contributed by atoms with Gasteiger partial charge in [-0.2, -0.15) is 0 Å². The maximum atomic E-state index is 12.8. The van der Waals surface area contributed by atoms with Crippen LogP contribution in [0, 0.1) is 0 Å². The number of fused-ring (bicyclic) bond motifs is 1. The molecule has 6 nitrogen and oxygen atoms in total. The molecule has 1 aliphatic rings. The number of aryl methyl sites for hydroxylation is 1. The van der Waals surface area contributed by atoms with E-state index in [0.717, 1.165) is 30.6 Å². The number of carbonyl (C=O) groups is 1. The maximum Gasteiger partial charge on any atom is 0.326 e. The molecule has 1 aromatic heterocycles. The zero-order valence-electron chi connectivity index (χ0n) is 15.2. The molecule has 0 spiro atoms. The van der Waals surface area contributed by atoms with Crippen LogP contribution in [0.15, 0.2) is 59.5 Å². The third-order valence-electron chi connectivity index (χ3n) is 4.97. The summed E-state index contributed by atoms with van der Waals surface area (Å²) in [5.74, 6) is -0.298. The van der Waals surface area contributed by atoms with Crippen molar-refractivity contribution in [2.24, 2.45) is 0 Å². The van der Waals surface area contributed by atoms with Crippen LogP contribution in [-0.2, 0) is 13.0 Å². The summed E-state index contributed by atoms with van der Waals surface area (Å²) >= 11 is 0. The van der Waals surface area contributed by atoms with Crippen molar-refractivity contribution < 1.29 is 4.79 Å². The van der Waals surface area contributed by atoms with Gasteiger partial charge in [0.25, 0.3) is 5.91 Å². The highest BCUT2D eigenvalue weighted by Gasteiger charge is 2.17. The van der Waals surface area contributed by atoms with Crippen LogP contribution in [0.1, 0.15) is 28.0 Å². The molecule has 1 amide bonds. The minimum absolute atomic E-state index is 0.295. The molecule has 2 N–H and O–H groups in total. The van der Waals surface area contributed by atoms with E-state index < -0.39 is 0 Å². The van der Waals surface area contributed by atoms with Crippen molar-refractivity contribution in [3.63, 3.8) is 0 Å². The number of carbonyl (C=O) groups excluding carboxylic acids is 1. The Morgan fingerprint density at radius 3 is 2.81 bits per heavy atom. The zero-order chi connectivity index (χ0) is 18.8. The summed E-state index contributed by atoms with van der Waals surface area (Å²) in [4.78, 5) is 29.8. The van der Waals surface area contributed by atoms with Crippen molar-refractivity contribution in [3.8, 4) is 0 Å². The number of aromatic nitrogens is 2. The van der Waals surface area contributed by atoms with E-state index in [-0.39, 0.29) is 11.6 Å². The molecule has 0 aliphatic carbocycles. The Hall–Kier alpha value is -3.28. The number of benzene rings is 2. The number of hydrogen-bond donors (Lipinski definition) is 2. The molecule has 0 unspecified atom stereocenters. The van der Waals surface area contributed by atoms with Crippen molar-refractivity contribution in [1.82, 2.24) is 9.55 Å². The Morgan fingerprint density at radius 2 is 2.00 bits per heavy atom. The minimum atomic E-state index is -0.298. The summed E-state index contributed by atoms with van der Waals surface area (Å²) in [5, 5.41) is 2.93. The molecule has 2 aromatic carbocycles. The van der Waals surface area contributed by atoms with Gasteiger partial charge in [0.1, 0.15) is 5.69 Å². The fourth-order valence-corrected chi connectivity index (χ4v) is 3.56. The number of amides is 1. The number of rotatable bonds is 4. The van der Waals surface area contributed by atoms with Gasteiger partial charge in [-0.25, -0.2) is 4.79 Å². The zero-order valence-corrected chi connectivity index (χ0v) is 15.2. The van der Waals surface area contributed by atoms with Gasteiger partial charge in [0, 0.05) is 31.2 Å². The van der Waals surface area contributed by atoms with Crippen LogP contribution in [0.5, 0.6) is 0 Å². The average molecular weight is 362 g/mol. The molecule has 3 aromatic rings. The summed E-state index contributed by atoms with van der Waals surface area (Å²) in [6, 6.07) is 15.6. The second kappa shape index (κ2) is 7.15. The second-order valence-corrected chi connectivity index (χ2v) is 6.87. The number of anilines is 2. The first-order chi connectivity index (χ1) is 13.1. The van der Waals surface area contributed by atoms with Crippen LogP contribution in [0.2, 0.25) is 0 Å². The van der Waals surface area contributed by atoms with Gasteiger partial charge in [-0.1, -0.05) is 30.3 Å². The number of imidazole rings is 1. The second-order valence-electron chi connectivity index (χ2n) is 6.87. The molecule has 0 saturated heterocycles. The Kier molecular flexibility index (Phi) is 4.54. The minimum Gasteiger partial charge on any atom is -0.374 e. The first kappa shape index (κ1) is 17.1. The highest BCUT2D eigenvalue weighted by atomic mass is 16.2. The van der Waals surface area contributed by atoms with Crippen LogP contribution >= 0.6 is 0 Å². The lowest BCUT2D eigenvalue weighted by atomic mass is 10.0. The number of H-pyrrole nitrogens is 1. The molecule has 1 aliphatic heterocycles. The molecule has 0 fully saturated rings. The van der Waals surface area contributed by atoms with Gasteiger partial charge in [-0.05, 0) is 42.2 Å². The van der Waals surface area contributed by atoms with Crippen molar-refractivity contribution >= 4 is 17.3 Å². The quantitative estimate of drug-likeness (QED) is 0.750. The number of aromatic amines is 1. The Labute approximate surface area is 157 Å². The number of nitrogens with one attached hydrogen (secondary N) is 2. The molecule has 0 atom stereocenters. The summed E-state index contributed by atoms with van der Waals surface area (Å²) in [5.41, 5.74) is 4.17. The average Bonchev–Trinajstić information content (AvgIpc) is 3.03. The van der Waals surface area contributed by atoms with Crippen LogP contribution in [0.3, 0.4) is 0 Å². The molecule has 0 bridgehead atoms. The van der Waals surface area contributed by atoms with E-state index in [1.165, 1.54) is 22.0 Å². The third kappa shape index (κ3) is 3.51. The largest absolute Gasteiger partial charge is 0.374 e. The van der Waals surface area contributed by atoms with Crippen molar-refractivity contribution in [1.29, 1.82) is 0 Å². The lowest BCUT2D eigenvalue weighted by molar-refractivity contribution is 0.101. The molecule has 0 saturated carbocycles. The van der Waals surface area contributed by atoms with E-state index in [4.69, 9.17) is 0 Å².